The minimum atomic E-state index is -0.950. The van der Waals surface area contributed by atoms with E-state index in [9.17, 15) is 14.3 Å². The van der Waals surface area contributed by atoms with Gasteiger partial charge in [0.1, 0.15) is 5.82 Å². The quantitative estimate of drug-likeness (QED) is 0.776. The number of hydrogen-bond acceptors (Lipinski definition) is 5. The zero-order chi connectivity index (χ0) is 16.7. The van der Waals surface area contributed by atoms with Crippen molar-refractivity contribution in [3.05, 3.63) is 47.4 Å². The predicted octanol–water partition coefficient (Wildman–Crippen LogP) is 1.94. The number of rotatable bonds is 8. The van der Waals surface area contributed by atoms with E-state index in [1.807, 2.05) is 6.92 Å². The van der Waals surface area contributed by atoms with E-state index < -0.39 is 11.9 Å². The Morgan fingerprint density at radius 2 is 2.26 bits per heavy atom. The summed E-state index contributed by atoms with van der Waals surface area (Å²) < 4.78 is 18.1. The summed E-state index contributed by atoms with van der Waals surface area (Å²) in [4.78, 5) is 15.9. The summed E-state index contributed by atoms with van der Waals surface area (Å²) in [5.74, 6) is 0.404. The fraction of sp³-hybridized carbons (Fsp3) is 0.438. The van der Waals surface area contributed by atoms with E-state index in [0.717, 1.165) is 12.8 Å². The standard InChI is InChI=1S/C16H20FN3O3/c1-2-4-14-19-16(23-20-14)8-7-15(22)18-10-13(21)11-5-3-6-12(17)9-11/h3,5-6,9,13,21H,2,4,7-8,10H2,1H3,(H,18,22). The number of nitrogens with one attached hydrogen (secondary N) is 1. The van der Waals surface area contributed by atoms with E-state index in [4.69, 9.17) is 4.52 Å². The van der Waals surface area contributed by atoms with Gasteiger partial charge in [0.15, 0.2) is 5.82 Å². The van der Waals surface area contributed by atoms with Crippen molar-refractivity contribution < 1.29 is 18.8 Å². The Morgan fingerprint density at radius 3 is 3.00 bits per heavy atom. The summed E-state index contributed by atoms with van der Waals surface area (Å²) in [6.45, 7) is 2.04. The Balaban J connectivity index is 1.74. The Kier molecular flexibility index (Phi) is 6.22. The average Bonchev–Trinajstić information content (AvgIpc) is 2.98. The van der Waals surface area contributed by atoms with E-state index in [2.05, 4.69) is 15.5 Å². The molecule has 0 saturated heterocycles. The molecule has 0 bridgehead atoms. The Hall–Kier alpha value is -2.28. The second-order valence-corrected chi connectivity index (χ2v) is 5.23. The van der Waals surface area contributed by atoms with Gasteiger partial charge in [0.2, 0.25) is 11.8 Å². The maximum absolute atomic E-state index is 13.1. The van der Waals surface area contributed by atoms with Gasteiger partial charge in [-0.1, -0.05) is 24.2 Å². The molecule has 1 heterocycles. The van der Waals surface area contributed by atoms with Crippen LogP contribution in [-0.4, -0.2) is 27.7 Å². The zero-order valence-electron chi connectivity index (χ0n) is 13.0. The molecular formula is C16H20FN3O3. The van der Waals surface area contributed by atoms with Gasteiger partial charge in [-0.2, -0.15) is 4.98 Å². The van der Waals surface area contributed by atoms with Crippen LogP contribution >= 0.6 is 0 Å². The van der Waals surface area contributed by atoms with E-state index >= 15 is 0 Å². The first kappa shape index (κ1) is 17.1. The van der Waals surface area contributed by atoms with Gasteiger partial charge in [0, 0.05) is 25.8 Å². The highest BCUT2D eigenvalue weighted by molar-refractivity contribution is 5.76. The Bertz CT molecular complexity index is 645. The molecule has 2 aromatic rings. The summed E-state index contributed by atoms with van der Waals surface area (Å²) in [5.41, 5.74) is 0.423. The predicted molar refractivity (Wildman–Crippen MR) is 81.0 cm³/mol. The smallest absolute Gasteiger partial charge is 0.227 e. The number of halogens is 1. The molecule has 0 saturated carbocycles. The molecule has 2 N–H and O–H groups in total. The molecule has 1 amide bonds. The molecular weight excluding hydrogens is 301 g/mol. The number of nitrogens with zero attached hydrogens (tertiary/aromatic N) is 2. The van der Waals surface area contributed by atoms with Crippen LogP contribution in [0.2, 0.25) is 0 Å². The third-order valence-electron chi connectivity index (χ3n) is 3.28. The van der Waals surface area contributed by atoms with E-state index in [0.29, 0.717) is 23.7 Å². The molecule has 124 valence electrons. The lowest BCUT2D eigenvalue weighted by Gasteiger charge is -2.12. The molecule has 2 rings (SSSR count). The van der Waals surface area contributed by atoms with Crippen molar-refractivity contribution in [3.63, 3.8) is 0 Å². The maximum Gasteiger partial charge on any atom is 0.227 e. The van der Waals surface area contributed by atoms with Crippen molar-refractivity contribution in [2.45, 2.75) is 38.7 Å². The topological polar surface area (TPSA) is 88.2 Å². The second-order valence-electron chi connectivity index (χ2n) is 5.23. The molecule has 0 aliphatic heterocycles. The number of aryl methyl sites for hydroxylation is 2. The summed E-state index contributed by atoms with van der Waals surface area (Å²) in [5, 5.41) is 16.3. The SMILES string of the molecule is CCCc1noc(CCC(=O)NCC(O)c2cccc(F)c2)n1. The number of carbonyl (C=O) groups is 1. The molecule has 1 unspecified atom stereocenters. The summed E-state index contributed by atoms with van der Waals surface area (Å²) >= 11 is 0. The number of aliphatic hydroxyl groups is 1. The van der Waals surface area contributed by atoms with Gasteiger partial charge in [0.25, 0.3) is 0 Å². The van der Waals surface area contributed by atoms with Crippen molar-refractivity contribution in [1.29, 1.82) is 0 Å². The van der Waals surface area contributed by atoms with Crippen LogP contribution < -0.4 is 5.32 Å². The van der Waals surface area contributed by atoms with Crippen LogP contribution in [0.3, 0.4) is 0 Å². The first-order chi connectivity index (χ1) is 11.1. The molecule has 0 aliphatic rings. The van der Waals surface area contributed by atoms with E-state index in [1.54, 1.807) is 6.07 Å². The first-order valence-electron chi connectivity index (χ1n) is 7.60. The van der Waals surface area contributed by atoms with Crippen LogP contribution in [0, 0.1) is 5.82 Å². The Morgan fingerprint density at radius 1 is 1.43 bits per heavy atom. The third-order valence-corrected chi connectivity index (χ3v) is 3.28. The van der Waals surface area contributed by atoms with E-state index in [1.165, 1.54) is 18.2 Å². The summed E-state index contributed by atoms with van der Waals surface area (Å²) in [7, 11) is 0. The molecule has 0 aliphatic carbocycles. The fourth-order valence-corrected chi connectivity index (χ4v) is 2.07. The van der Waals surface area contributed by atoms with Gasteiger partial charge < -0.3 is 14.9 Å². The highest BCUT2D eigenvalue weighted by Crippen LogP contribution is 2.13. The lowest BCUT2D eigenvalue weighted by Crippen LogP contribution is -2.28. The van der Waals surface area contributed by atoms with Gasteiger partial charge in [-0.15, -0.1) is 0 Å². The Labute approximate surface area is 133 Å². The summed E-state index contributed by atoms with van der Waals surface area (Å²) in [6.07, 6.45) is 1.25. The monoisotopic (exact) mass is 321 g/mol. The lowest BCUT2D eigenvalue weighted by atomic mass is 10.1. The number of aromatic nitrogens is 2. The molecule has 0 fully saturated rings. The number of aliphatic hydroxyl groups excluding tert-OH is 1. The average molecular weight is 321 g/mol. The van der Waals surface area contributed by atoms with Crippen LogP contribution in [0.1, 0.15) is 43.1 Å². The fourth-order valence-electron chi connectivity index (χ4n) is 2.07. The maximum atomic E-state index is 13.1. The van der Waals surface area contributed by atoms with Crippen LogP contribution in [0.4, 0.5) is 4.39 Å². The molecule has 7 heteroatoms. The van der Waals surface area contributed by atoms with Crippen molar-refractivity contribution >= 4 is 5.91 Å². The number of hydrogen-bond donors (Lipinski definition) is 2. The van der Waals surface area contributed by atoms with Gasteiger partial charge in [-0.25, -0.2) is 4.39 Å². The first-order valence-corrected chi connectivity index (χ1v) is 7.60. The highest BCUT2D eigenvalue weighted by Gasteiger charge is 2.12. The molecule has 0 radical (unpaired) electrons. The number of carbonyl (C=O) groups excluding carboxylic acids is 1. The number of amides is 1. The summed E-state index contributed by atoms with van der Waals surface area (Å²) in [6, 6.07) is 5.66. The van der Waals surface area contributed by atoms with Crippen LogP contribution in [0.5, 0.6) is 0 Å². The van der Waals surface area contributed by atoms with Crippen molar-refractivity contribution in [1.82, 2.24) is 15.5 Å². The largest absolute Gasteiger partial charge is 0.387 e. The molecule has 0 spiro atoms. The number of benzene rings is 1. The van der Waals surface area contributed by atoms with Crippen LogP contribution in [-0.2, 0) is 17.6 Å². The molecule has 1 aromatic heterocycles. The van der Waals surface area contributed by atoms with Crippen molar-refractivity contribution in [2.24, 2.45) is 0 Å². The highest BCUT2D eigenvalue weighted by atomic mass is 19.1. The van der Waals surface area contributed by atoms with Crippen molar-refractivity contribution in [3.8, 4) is 0 Å². The van der Waals surface area contributed by atoms with Gasteiger partial charge in [0.05, 0.1) is 6.10 Å². The molecule has 1 atom stereocenters. The van der Waals surface area contributed by atoms with Crippen molar-refractivity contribution in [2.75, 3.05) is 6.54 Å². The molecule has 23 heavy (non-hydrogen) atoms. The minimum absolute atomic E-state index is 0.0210. The lowest BCUT2D eigenvalue weighted by molar-refractivity contribution is -0.121. The third kappa shape index (κ3) is 5.45. The molecule has 6 nitrogen and oxygen atoms in total. The van der Waals surface area contributed by atoms with Crippen LogP contribution in [0.25, 0.3) is 0 Å². The second kappa shape index (κ2) is 8.38. The zero-order valence-corrected chi connectivity index (χ0v) is 13.0. The normalized spacial score (nSPS) is 12.1. The molecule has 1 aromatic carbocycles. The van der Waals surface area contributed by atoms with Gasteiger partial charge >= 0.3 is 0 Å². The van der Waals surface area contributed by atoms with Crippen LogP contribution in [0.15, 0.2) is 28.8 Å². The minimum Gasteiger partial charge on any atom is -0.387 e. The van der Waals surface area contributed by atoms with E-state index in [-0.39, 0.29) is 18.9 Å². The van der Waals surface area contributed by atoms with Gasteiger partial charge in [-0.3, -0.25) is 4.79 Å². The van der Waals surface area contributed by atoms with Gasteiger partial charge in [-0.05, 0) is 24.1 Å².